The molecule has 1 aliphatic rings. The molecule has 84 valence electrons. The first-order chi connectivity index (χ1) is 8.36. The first-order valence-electron chi connectivity index (χ1n) is 5.38. The van der Waals surface area contributed by atoms with Gasteiger partial charge in [-0.1, -0.05) is 36.4 Å². The van der Waals surface area contributed by atoms with E-state index in [0.29, 0.717) is 0 Å². The fraction of sp³-hybridized carbons (Fsp3) is 0.0769. The number of aromatic nitrogens is 1. The Balaban J connectivity index is 2.14. The SMILES string of the molecule is OC1NN=C(c2ccccc2)c2ncccc21. The van der Waals surface area contributed by atoms with Gasteiger partial charge in [0.15, 0.2) is 6.23 Å². The minimum absolute atomic E-state index is 0.727. The third-order valence-corrected chi connectivity index (χ3v) is 2.70. The van der Waals surface area contributed by atoms with E-state index in [-0.39, 0.29) is 0 Å². The van der Waals surface area contributed by atoms with Gasteiger partial charge in [-0.25, -0.2) is 0 Å². The van der Waals surface area contributed by atoms with Gasteiger partial charge in [0.25, 0.3) is 0 Å². The molecule has 4 heteroatoms. The first kappa shape index (κ1) is 9.99. The van der Waals surface area contributed by atoms with E-state index in [1.807, 2.05) is 36.4 Å². The number of fused-ring (bicyclic) bond motifs is 1. The van der Waals surface area contributed by atoms with Gasteiger partial charge in [-0.3, -0.25) is 10.4 Å². The van der Waals surface area contributed by atoms with Crippen LogP contribution < -0.4 is 5.43 Å². The lowest BCUT2D eigenvalue weighted by atomic mass is 10.0. The molecule has 1 aromatic carbocycles. The zero-order chi connectivity index (χ0) is 11.7. The molecule has 0 radical (unpaired) electrons. The number of hydrazone groups is 1. The summed E-state index contributed by atoms with van der Waals surface area (Å²) in [5.41, 5.74) is 5.90. The molecule has 4 nitrogen and oxygen atoms in total. The van der Waals surface area contributed by atoms with Crippen LogP contribution >= 0.6 is 0 Å². The van der Waals surface area contributed by atoms with E-state index in [9.17, 15) is 5.11 Å². The molecule has 0 amide bonds. The number of nitrogens with zero attached hydrogens (tertiary/aromatic N) is 2. The number of aliphatic hydroxyl groups is 1. The lowest BCUT2D eigenvalue weighted by molar-refractivity contribution is 0.138. The summed E-state index contributed by atoms with van der Waals surface area (Å²) in [7, 11) is 0. The van der Waals surface area contributed by atoms with Crippen LogP contribution in [0, 0.1) is 0 Å². The molecule has 0 saturated heterocycles. The van der Waals surface area contributed by atoms with Gasteiger partial charge in [-0.2, -0.15) is 5.10 Å². The third-order valence-electron chi connectivity index (χ3n) is 2.70. The van der Waals surface area contributed by atoms with Crippen molar-refractivity contribution in [2.45, 2.75) is 6.23 Å². The maximum Gasteiger partial charge on any atom is 0.167 e. The van der Waals surface area contributed by atoms with E-state index in [2.05, 4.69) is 15.5 Å². The minimum Gasteiger partial charge on any atom is -0.368 e. The molecule has 0 fully saturated rings. The van der Waals surface area contributed by atoms with Crippen LogP contribution in [0.4, 0.5) is 0 Å². The Bertz CT molecular complexity index is 566. The van der Waals surface area contributed by atoms with Gasteiger partial charge in [-0.15, -0.1) is 0 Å². The highest BCUT2D eigenvalue weighted by Crippen LogP contribution is 2.21. The Labute approximate surface area is 98.6 Å². The topological polar surface area (TPSA) is 57.5 Å². The molecule has 0 spiro atoms. The fourth-order valence-corrected chi connectivity index (χ4v) is 1.88. The van der Waals surface area contributed by atoms with E-state index in [0.717, 1.165) is 22.5 Å². The zero-order valence-electron chi connectivity index (χ0n) is 9.04. The van der Waals surface area contributed by atoms with Crippen molar-refractivity contribution in [1.82, 2.24) is 10.4 Å². The predicted octanol–water partition coefficient (Wildman–Crippen LogP) is 1.43. The Morgan fingerprint density at radius 3 is 2.71 bits per heavy atom. The standard InChI is InChI=1S/C13H11N3O/c17-13-10-7-4-8-14-12(10)11(15-16-13)9-5-2-1-3-6-9/h1-8,13,16-17H. The van der Waals surface area contributed by atoms with Crippen LogP contribution in [0.2, 0.25) is 0 Å². The normalized spacial score (nSPS) is 17.9. The van der Waals surface area contributed by atoms with Crippen LogP contribution in [-0.2, 0) is 0 Å². The molecule has 17 heavy (non-hydrogen) atoms. The Morgan fingerprint density at radius 2 is 1.88 bits per heavy atom. The van der Waals surface area contributed by atoms with Crippen molar-refractivity contribution in [1.29, 1.82) is 0 Å². The summed E-state index contributed by atoms with van der Waals surface area (Å²) in [5.74, 6) is 0. The lowest BCUT2D eigenvalue weighted by Gasteiger charge is -2.21. The smallest absolute Gasteiger partial charge is 0.167 e. The summed E-state index contributed by atoms with van der Waals surface area (Å²) >= 11 is 0. The Kier molecular flexibility index (Phi) is 2.34. The van der Waals surface area contributed by atoms with Gasteiger partial charge in [0.1, 0.15) is 5.71 Å². The maximum atomic E-state index is 9.77. The van der Waals surface area contributed by atoms with E-state index in [1.165, 1.54) is 0 Å². The van der Waals surface area contributed by atoms with Crippen LogP contribution in [0.15, 0.2) is 53.8 Å². The number of rotatable bonds is 1. The molecule has 1 aliphatic heterocycles. The molecule has 0 bridgehead atoms. The summed E-state index contributed by atoms with van der Waals surface area (Å²) in [5, 5.41) is 13.9. The van der Waals surface area contributed by atoms with Crippen molar-refractivity contribution in [3.63, 3.8) is 0 Å². The Hall–Kier alpha value is -2.20. The second-order valence-electron chi connectivity index (χ2n) is 3.80. The number of hydrogen-bond donors (Lipinski definition) is 2. The molecule has 1 aromatic heterocycles. The van der Waals surface area contributed by atoms with E-state index in [1.54, 1.807) is 12.3 Å². The van der Waals surface area contributed by atoms with Gasteiger partial charge >= 0.3 is 0 Å². The molecule has 2 aromatic rings. The molecule has 2 N–H and O–H groups in total. The van der Waals surface area contributed by atoms with Crippen molar-refractivity contribution in [3.05, 3.63) is 65.5 Å². The summed E-state index contributed by atoms with van der Waals surface area (Å²) in [6, 6.07) is 13.4. The van der Waals surface area contributed by atoms with Crippen LogP contribution in [0.1, 0.15) is 23.0 Å². The molecule has 3 rings (SSSR count). The van der Waals surface area contributed by atoms with Gasteiger partial charge in [0.05, 0.1) is 5.69 Å². The van der Waals surface area contributed by atoms with Crippen molar-refractivity contribution in [2.75, 3.05) is 0 Å². The number of aliphatic hydroxyl groups excluding tert-OH is 1. The van der Waals surface area contributed by atoms with Crippen LogP contribution in [0.25, 0.3) is 0 Å². The van der Waals surface area contributed by atoms with Crippen LogP contribution in [-0.4, -0.2) is 15.8 Å². The van der Waals surface area contributed by atoms with E-state index >= 15 is 0 Å². The number of hydrogen-bond acceptors (Lipinski definition) is 4. The predicted molar refractivity (Wildman–Crippen MR) is 64.4 cm³/mol. The molecule has 1 atom stereocenters. The monoisotopic (exact) mass is 225 g/mol. The average Bonchev–Trinajstić information content (AvgIpc) is 2.41. The van der Waals surface area contributed by atoms with Crippen LogP contribution in [0.5, 0.6) is 0 Å². The van der Waals surface area contributed by atoms with Gasteiger partial charge in [0.2, 0.25) is 0 Å². The Morgan fingerprint density at radius 1 is 1.06 bits per heavy atom. The molecular weight excluding hydrogens is 214 g/mol. The average molecular weight is 225 g/mol. The molecule has 1 unspecified atom stereocenters. The van der Waals surface area contributed by atoms with Gasteiger partial charge in [-0.05, 0) is 6.07 Å². The first-order valence-corrected chi connectivity index (χ1v) is 5.38. The molecule has 0 aliphatic carbocycles. The summed E-state index contributed by atoms with van der Waals surface area (Å²) < 4.78 is 0. The fourth-order valence-electron chi connectivity index (χ4n) is 1.88. The van der Waals surface area contributed by atoms with Gasteiger partial charge in [0, 0.05) is 17.3 Å². The molecular formula is C13H11N3O. The van der Waals surface area contributed by atoms with Crippen molar-refractivity contribution in [3.8, 4) is 0 Å². The second-order valence-corrected chi connectivity index (χ2v) is 3.80. The highest BCUT2D eigenvalue weighted by atomic mass is 16.3. The largest absolute Gasteiger partial charge is 0.368 e. The molecule has 0 saturated carbocycles. The maximum absolute atomic E-state index is 9.77. The summed E-state index contributed by atoms with van der Waals surface area (Å²) in [6.07, 6.45) is 0.918. The van der Waals surface area contributed by atoms with Crippen molar-refractivity contribution in [2.24, 2.45) is 5.10 Å². The highest BCUT2D eigenvalue weighted by molar-refractivity contribution is 6.12. The third kappa shape index (κ3) is 1.68. The van der Waals surface area contributed by atoms with Crippen LogP contribution in [0.3, 0.4) is 0 Å². The summed E-state index contributed by atoms with van der Waals surface area (Å²) in [6.45, 7) is 0. The van der Waals surface area contributed by atoms with Gasteiger partial charge < -0.3 is 5.11 Å². The lowest BCUT2D eigenvalue weighted by Crippen LogP contribution is -2.27. The number of pyridine rings is 1. The van der Waals surface area contributed by atoms with Crippen molar-refractivity contribution < 1.29 is 5.11 Å². The summed E-state index contributed by atoms with van der Waals surface area (Å²) in [4.78, 5) is 4.30. The zero-order valence-corrected chi connectivity index (χ0v) is 9.04. The number of benzene rings is 1. The highest BCUT2D eigenvalue weighted by Gasteiger charge is 2.22. The van der Waals surface area contributed by atoms with E-state index < -0.39 is 6.23 Å². The van der Waals surface area contributed by atoms with E-state index in [4.69, 9.17) is 0 Å². The number of nitrogens with one attached hydrogen (secondary N) is 1. The quantitative estimate of drug-likeness (QED) is 0.771. The van der Waals surface area contributed by atoms with Crippen molar-refractivity contribution >= 4 is 5.71 Å². The minimum atomic E-state index is -0.786. The second kappa shape index (κ2) is 3.99. The molecule has 2 heterocycles.